The first-order valence-corrected chi connectivity index (χ1v) is 10.3. The molecule has 0 saturated carbocycles. The van der Waals surface area contributed by atoms with Gasteiger partial charge in [0, 0.05) is 22.4 Å². The standard InChI is InChI=1S/C26H22F3NO3/c1-25(2)13-12-16-14-17(24(31)30-18-8-10-19(32-3)11-9-18)15-21(23(16)33-25)20-6-4-5-7-22(20)26(27,28)29/h4-15H,1-3H3,(H,30,31). The second kappa shape index (κ2) is 8.31. The van der Waals surface area contributed by atoms with Gasteiger partial charge in [0.05, 0.1) is 12.7 Å². The predicted molar refractivity (Wildman–Crippen MR) is 122 cm³/mol. The van der Waals surface area contributed by atoms with Crippen LogP contribution in [0.25, 0.3) is 17.2 Å². The van der Waals surface area contributed by atoms with E-state index >= 15 is 0 Å². The second-order valence-corrected chi connectivity index (χ2v) is 8.21. The van der Waals surface area contributed by atoms with Gasteiger partial charge in [0.2, 0.25) is 0 Å². The van der Waals surface area contributed by atoms with Gasteiger partial charge in [-0.2, -0.15) is 13.2 Å². The monoisotopic (exact) mass is 453 g/mol. The van der Waals surface area contributed by atoms with E-state index in [2.05, 4.69) is 5.32 Å². The van der Waals surface area contributed by atoms with E-state index in [1.54, 1.807) is 42.5 Å². The number of rotatable bonds is 4. The van der Waals surface area contributed by atoms with Crippen molar-refractivity contribution in [2.45, 2.75) is 25.6 Å². The second-order valence-electron chi connectivity index (χ2n) is 8.21. The molecule has 1 heterocycles. The van der Waals surface area contributed by atoms with Crippen LogP contribution >= 0.6 is 0 Å². The Balaban J connectivity index is 1.82. The molecule has 0 fully saturated rings. The number of alkyl halides is 3. The summed E-state index contributed by atoms with van der Waals surface area (Å²) in [5.41, 5.74) is -0.0705. The zero-order chi connectivity index (χ0) is 23.8. The first kappa shape index (κ1) is 22.5. The molecule has 0 spiro atoms. The van der Waals surface area contributed by atoms with Crippen LogP contribution < -0.4 is 14.8 Å². The maximum atomic E-state index is 13.8. The summed E-state index contributed by atoms with van der Waals surface area (Å²) in [5.74, 6) is 0.491. The van der Waals surface area contributed by atoms with Crippen molar-refractivity contribution in [1.29, 1.82) is 0 Å². The summed E-state index contributed by atoms with van der Waals surface area (Å²) in [6.45, 7) is 3.63. The summed E-state index contributed by atoms with van der Waals surface area (Å²) in [5, 5.41) is 2.77. The Bertz CT molecular complexity index is 1230. The number of hydrogen-bond acceptors (Lipinski definition) is 3. The van der Waals surface area contributed by atoms with E-state index in [1.807, 2.05) is 13.8 Å². The third kappa shape index (κ3) is 4.72. The van der Waals surface area contributed by atoms with Crippen molar-refractivity contribution in [2.24, 2.45) is 0 Å². The van der Waals surface area contributed by atoms with Gasteiger partial charge in [-0.25, -0.2) is 0 Å². The van der Waals surface area contributed by atoms with Gasteiger partial charge in [-0.15, -0.1) is 0 Å². The number of carbonyl (C=O) groups is 1. The maximum Gasteiger partial charge on any atom is 0.417 e. The molecule has 3 aromatic carbocycles. The number of methoxy groups -OCH3 is 1. The summed E-state index contributed by atoms with van der Waals surface area (Å²) >= 11 is 0. The highest BCUT2D eigenvalue weighted by atomic mass is 19.4. The number of amides is 1. The van der Waals surface area contributed by atoms with Crippen LogP contribution in [0.3, 0.4) is 0 Å². The minimum atomic E-state index is -4.56. The number of hydrogen-bond donors (Lipinski definition) is 1. The molecule has 1 N–H and O–H groups in total. The smallest absolute Gasteiger partial charge is 0.417 e. The van der Waals surface area contributed by atoms with Crippen molar-refractivity contribution in [2.75, 3.05) is 12.4 Å². The summed E-state index contributed by atoms with van der Waals surface area (Å²) in [6.07, 6.45) is -0.993. The van der Waals surface area contributed by atoms with Gasteiger partial charge >= 0.3 is 6.18 Å². The SMILES string of the molecule is COc1ccc(NC(=O)c2cc3c(c(-c4ccccc4C(F)(F)F)c2)OC(C)(C)C=C3)cc1. The van der Waals surface area contributed by atoms with Gasteiger partial charge < -0.3 is 14.8 Å². The molecule has 0 saturated heterocycles. The largest absolute Gasteiger partial charge is 0.497 e. The predicted octanol–water partition coefficient (Wildman–Crippen LogP) is 6.82. The summed E-state index contributed by atoms with van der Waals surface area (Å²) in [4.78, 5) is 13.0. The van der Waals surface area contributed by atoms with E-state index in [-0.39, 0.29) is 16.7 Å². The fourth-order valence-corrected chi connectivity index (χ4v) is 3.65. The van der Waals surface area contributed by atoms with Crippen molar-refractivity contribution in [1.82, 2.24) is 0 Å². The molecule has 1 amide bonds. The van der Waals surface area contributed by atoms with Crippen LogP contribution in [0.2, 0.25) is 0 Å². The van der Waals surface area contributed by atoms with Crippen LogP contribution in [-0.2, 0) is 6.18 Å². The van der Waals surface area contributed by atoms with Crippen molar-refractivity contribution in [3.05, 3.63) is 83.4 Å². The summed E-state index contributed by atoms with van der Waals surface area (Å²) < 4.78 is 52.5. The summed E-state index contributed by atoms with van der Waals surface area (Å²) in [6, 6.07) is 15.1. The van der Waals surface area contributed by atoms with E-state index in [9.17, 15) is 18.0 Å². The van der Waals surface area contributed by atoms with Crippen LogP contribution in [0.15, 0.2) is 66.7 Å². The van der Waals surface area contributed by atoms with Crippen LogP contribution in [-0.4, -0.2) is 18.6 Å². The molecule has 33 heavy (non-hydrogen) atoms. The Morgan fingerprint density at radius 2 is 1.70 bits per heavy atom. The lowest BCUT2D eigenvalue weighted by Gasteiger charge is -2.30. The zero-order valence-electron chi connectivity index (χ0n) is 18.3. The molecule has 7 heteroatoms. The van der Waals surface area contributed by atoms with E-state index in [0.29, 0.717) is 22.7 Å². The van der Waals surface area contributed by atoms with Gasteiger partial charge in [-0.1, -0.05) is 24.3 Å². The molecule has 0 aliphatic carbocycles. The number of halogens is 3. The fraction of sp³-hybridized carbons (Fsp3) is 0.192. The molecule has 0 aromatic heterocycles. The number of anilines is 1. The Morgan fingerprint density at radius 1 is 1.00 bits per heavy atom. The number of nitrogens with one attached hydrogen (secondary N) is 1. The lowest BCUT2D eigenvalue weighted by atomic mass is 9.91. The van der Waals surface area contributed by atoms with Gasteiger partial charge in [-0.05, 0) is 68.0 Å². The normalized spacial score (nSPS) is 14.2. The highest BCUT2D eigenvalue weighted by molar-refractivity contribution is 6.06. The minimum absolute atomic E-state index is 0.0496. The number of benzene rings is 3. The molecule has 170 valence electrons. The fourth-order valence-electron chi connectivity index (χ4n) is 3.65. The Kier molecular flexibility index (Phi) is 5.66. The van der Waals surface area contributed by atoms with Gasteiger partial charge in [-0.3, -0.25) is 4.79 Å². The Labute approximate surface area is 189 Å². The lowest BCUT2D eigenvalue weighted by molar-refractivity contribution is -0.137. The first-order chi connectivity index (χ1) is 15.6. The van der Waals surface area contributed by atoms with Crippen LogP contribution in [0.1, 0.15) is 35.3 Å². The summed E-state index contributed by atoms with van der Waals surface area (Å²) in [7, 11) is 1.54. The molecule has 0 radical (unpaired) electrons. The molecule has 0 unspecified atom stereocenters. The van der Waals surface area contributed by atoms with Crippen LogP contribution in [0, 0.1) is 0 Å². The van der Waals surface area contributed by atoms with E-state index in [4.69, 9.17) is 9.47 Å². The lowest BCUT2D eigenvalue weighted by Crippen LogP contribution is -2.28. The molecular weight excluding hydrogens is 431 g/mol. The quantitative estimate of drug-likeness (QED) is 0.472. The highest BCUT2D eigenvalue weighted by Gasteiger charge is 2.35. The van der Waals surface area contributed by atoms with Gasteiger partial charge in [0.15, 0.2) is 0 Å². The highest BCUT2D eigenvalue weighted by Crippen LogP contribution is 2.45. The average Bonchev–Trinajstić information content (AvgIpc) is 2.78. The molecule has 1 aliphatic rings. The zero-order valence-corrected chi connectivity index (χ0v) is 18.3. The van der Waals surface area contributed by atoms with Gasteiger partial charge in [0.25, 0.3) is 5.91 Å². The Hall–Kier alpha value is -3.74. The molecule has 4 nitrogen and oxygen atoms in total. The van der Waals surface area contributed by atoms with E-state index in [0.717, 1.165) is 6.07 Å². The first-order valence-electron chi connectivity index (χ1n) is 10.3. The van der Waals surface area contributed by atoms with E-state index < -0.39 is 23.2 Å². The minimum Gasteiger partial charge on any atom is -0.497 e. The average molecular weight is 453 g/mol. The van der Waals surface area contributed by atoms with Crippen molar-refractivity contribution >= 4 is 17.7 Å². The third-order valence-corrected chi connectivity index (χ3v) is 5.28. The molecule has 0 atom stereocenters. The van der Waals surface area contributed by atoms with Crippen molar-refractivity contribution < 1.29 is 27.4 Å². The van der Waals surface area contributed by atoms with Gasteiger partial charge in [0.1, 0.15) is 17.1 Å². The van der Waals surface area contributed by atoms with Crippen molar-refractivity contribution in [3.8, 4) is 22.6 Å². The number of ether oxygens (including phenoxy) is 2. The number of carbonyl (C=O) groups excluding carboxylic acids is 1. The van der Waals surface area contributed by atoms with E-state index in [1.165, 1.54) is 31.4 Å². The van der Waals surface area contributed by atoms with Crippen LogP contribution in [0.5, 0.6) is 11.5 Å². The molecule has 1 aliphatic heterocycles. The maximum absolute atomic E-state index is 13.8. The Morgan fingerprint density at radius 3 is 2.36 bits per heavy atom. The third-order valence-electron chi connectivity index (χ3n) is 5.28. The molecule has 4 rings (SSSR count). The molecule has 3 aromatic rings. The topological polar surface area (TPSA) is 47.6 Å². The number of fused-ring (bicyclic) bond motifs is 1. The van der Waals surface area contributed by atoms with Crippen LogP contribution in [0.4, 0.5) is 18.9 Å². The molecular formula is C26H22F3NO3. The van der Waals surface area contributed by atoms with Crippen molar-refractivity contribution in [3.63, 3.8) is 0 Å². The molecule has 0 bridgehead atoms.